The van der Waals surface area contributed by atoms with Crippen molar-refractivity contribution >= 4 is 11.6 Å². The van der Waals surface area contributed by atoms with Crippen LogP contribution in [-0.4, -0.2) is 22.1 Å². The second-order valence-electron chi connectivity index (χ2n) is 5.14. The standard InChI is InChI=1S/C15H18F3N5O/c1-9-11(10(2)23(3)22-9)8-20-14(19)21-12-6-4-5-7-13(12)24-15(16,17)18/h4-7H,8H2,1-3H3,(H3,19,20,21). The van der Waals surface area contributed by atoms with Crippen molar-refractivity contribution < 1.29 is 17.9 Å². The van der Waals surface area contributed by atoms with Crippen LogP contribution >= 0.6 is 0 Å². The van der Waals surface area contributed by atoms with Gasteiger partial charge in [0.2, 0.25) is 0 Å². The van der Waals surface area contributed by atoms with Gasteiger partial charge in [0.1, 0.15) is 0 Å². The fourth-order valence-corrected chi connectivity index (χ4v) is 2.17. The molecule has 0 aliphatic rings. The number of alkyl halides is 3. The fourth-order valence-electron chi connectivity index (χ4n) is 2.17. The Labute approximate surface area is 137 Å². The molecule has 0 aliphatic carbocycles. The number of anilines is 1. The Bertz CT molecular complexity index is 752. The van der Waals surface area contributed by atoms with Gasteiger partial charge in [-0.05, 0) is 26.0 Å². The molecular weight excluding hydrogens is 323 g/mol. The zero-order valence-corrected chi connectivity index (χ0v) is 13.5. The first-order valence-corrected chi connectivity index (χ1v) is 7.08. The Kier molecular flexibility index (Phi) is 5.01. The number of hydrogen-bond donors (Lipinski definition) is 2. The minimum Gasteiger partial charge on any atom is -0.404 e. The number of benzene rings is 1. The minimum absolute atomic E-state index is 0.0177. The Morgan fingerprint density at radius 1 is 1.33 bits per heavy atom. The molecule has 2 aromatic rings. The summed E-state index contributed by atoms with van der Waals surface area (Å²) in [7, 11) is 1.82. The van der Waals surface area contributed by atoms with E-state index in [0.29, 0.717) is 0 Å². The summed E-state index contributed by atoms with van der Waals surface area (Å²) in [6.45, 7) is 4.03. The van der Waals surface area contributed by atoms with E-state index in [0.717, 1.165) is 17.0 Å². The summed E-state index contributed by atoms with van der Waals surface area (Å²) in [4.78, 5) is 4.16. The number of hydrogen-bond acceptors (Lipinski definition) is 3. The number of rotatable bonds is 4. The molecular formula is C15H18F3N5O. The largest absolute Gasteiger partial charge is 0.573 e. The molecule has 0 amide bonds. The topological polar surface area (TPSA) is 77.5 Å². The molecule has 2 rings (SSSR count). The molecule has 1 aromatic carbocycles. The third kappa shape index (κ3) is 4.40. The predicted octanol–water partition coefficient (Wildman–Crippen LogP) is 2.86. The van der Waals surface area contributed by atoms with Crippen LogP contribution in [0.3, 0.4) is 0 Å². The Hall–Kier alpha value is -2.71. The SMILES string of the molecule is Cc1nn(C)c(C)c1CN=C(N)Nc1ccccc1OC(F)(F)F. The quantitative estimate of drug-likeness (QED) is 0.662. The van der Waals surface area contributed by atoms with Gasteiger partial charge in [-0.2, -0.15) is 5.10 Å². The van der Waals surface area contributed by atoms with Crippen molar-refractivity contribution in [2.75, 3.05) is 5.32 Å². The van der Waals surface area contributed by atoms with E-state index in [1.54, 1.807) is 10.7 Å². The molecule has 6 nitrogen and oxygen atoms in total. The molecule has 0 saturated heterocycles. The number of nitrogens with one attached hydrogen (secondary N) is 1. The number of aryl methyl sites for hydroxylation is 2. The van der Waals surface area contributed by atoms with Gasteiger partial charge in [-0.1, -0.05) is 12.1 Å². The number of guanidine groups is 1. The molecule has 1 heterocycles. The van der Waals surface area contributed by atoms with Crippen LogP contribution in [0.25, 0.3) is 0 Å². The van der Waals surface area contributed by atoms with Gasteiger partial charge in [0.15, 0.2) is 11.7 Å². The van der Waals surface area contributed by atoms with Gasteiger partial charge in [0.25, 0.3) is 0 Å². The van der Waals surface area contributed by atoms with Crippen molar-refractivity contribution in [2.45, 2.75) is 26.8 Å². The smallest absolute Gasteiger partial charge is 0.404 e. The third-order valence-electron chi connectivity index (χ3n) is 3.44. The summed E-state index contributed by atoms with van der Waals surface area (Å²) in [5, 5.41) is 6.89. The Morgan fingerprint density at radius 2 is 2.00 bits per heavy atom. The molecule has 0 spiro atoms. The summed E-state index contributed by atoms with van der Waals surface area (Å²) in [5.74, 6) is -0.396. The average Bonchev–Trinajstić information content (AvgIpc) is 2.71. The van der Waals surface area contributed by atoms with E-state index >= 15 is 0 Å². The predicted molar refractivity (Wildman–Crippen MR) is 84.8 cm³/mol. The van der Waals surface area contributed by atoms with Crippen LogP contribution in [0.4, 0.5) is 18.9 Å². The Balaban J connectivity index is 2.13. The highest BCUT2D eigenvalue weighted by Crippen LogP contribution is 2.29. The van der Waals surface area contributed by atoms with Gasteiger partial charge >= 0.3 is 6.36 Å². The third-order valence-corrected chi connectivity index (χ3v) is 3.44. The van der Waals surface area contributed by atoms with Gasteiger partial charge in [0, 0.05) is 18.3 Å². The summed E-state index contributed by atoms with van der Waals surface area (Å²) < 4.78 is 42.9. The van der Waals surface area contributed by atoms with Gasteiger partial charge in [0.05, 0.1) is 17.9 Å². The van der Waals surface area contributed by atoms with Crippen LogP contribution in [-0.2, 0) is 13.6 Å². The molecule has 3 N–H and O–H groups in total. The maximum absolute atomic E-state index is 12.4. The van der Waals surface area contributed by atoms with Gasteiger partial charge in [-0.3, -0.25) is 4.68 Å². The number of para-hydroxylation sites is 2. The van der Waals surface area contributed by atoms with Crippen molar-refractivity contribution in [3.05, 3.63) is 41.2 Å². The number of aliphatic imine (C=N–C) groups is 1. The summed E-state index contributed by atoms with van der Waals surface area (Å²) in [5.41, 5.74) is 8.54. The lowest BCUT2D eigenvalue weighted by atomic mass is 10.2. The normalized spacial score (nSPS) is 12.3. The average molecular weight is 341 g/mol. The number of nitrogens with zero attached hydrogens (tertiary/aromatic N) is 3. The molecule has 0 fully saturated rings. The van der Waals surface area contributed by atoms with Crippen LogP contribution < -0.4 is 15.8 Å². The van der Waals surface area contributed by atoms with Gasteiger partial charge < -0.3 is 15.8 Å². The summed E-state index contributed by atoms with van der Waals surface area (Å²) in [6.07, 6.45) is -4.78. The lowest BCUT2D eigenvalue weighted by Crippen LogP contribution is -2.24. The first-order chi connectivity index (χ1) is 11.2. The molecule has 130 valence electrons. The van der Waals surface area contributed by atoms with Crippen molar-refractivity contribution in [1.29, 1.82) is 0 Å². The lowest BCUT2D eigenvalue weighted by molar-refractivity contribution is -0.274. The number of nitrogens with two attached hydrogens (primary N) is 1. The van der Waals surface area contributed by atoms with Crippen LogP contribution in [0.15, 0.2) is 29.3 Å². The molecule has 0 saturated carbocycles. The van der Waals surface area contributed by atoms with Gasteiger partial charge in [-0.15, -0.1) is 13.2 Å². The van der Waals surface area contributed by atoms with Crippen molar-refractivity contribution in [3.63, 3.8) is 0 Å². The molecule has 0 radical (unpaired) electrons. The van der Waals surface area contributed by atoms with E-state index in [-0.39, 0.29) is 23.9 Å². The highest BCUT2D eigenvalue weighted by atomic mass is 19.4. The molecule has 0 aliphatic heterocycles. The van der Waals surface area contributed by atoms with E-state index < -0.39 is 6.36 Å². The minimum atomic E-state index is -4.78. The molecule has 9 heteroatoms. The Morgan fingerprint density at radius 3 is 2.58 bits per heavy atom. The highest BCUT2D eigenvalue weighted by Gasteiger charge is 2.32. The van der Waals surface area contributed by atoms with E-state index in [2.05, 4.69) is 20.1 Å². The van der Waals surface area contributed by atoms with Crippen LogP contribution in [0.5, 0.6) is 5.75 Å². The fraction of sp³-hybridized carbons (Fsp3) is 0.333. The van der Waals surface area contributed by atoms with Crippen LogP contribution in [0.1, 0.15) is 17.0 Å². The number of halogens is 3. The zero-order valence-electron chi connectivity index (χ0n) is 13.5. The van der Waals surface area contributed by atoms with E-state index in [9.17, 15) is 13.2 Å². The second-order valence-corrected chi connectivity index (χ2v) is 5.14. The maximum atomic E-state index is 12.4. The van der Waals surface area contributed by atoms with Crippen molar-refractivity contribution in [1.82, 2.24) is 9.78 Å². The highest BCUT2D eigenvalue weighted by molar-refractivity contribution is 5.93. The number of ether oxygens (including phenoxy) is 1. The molecule has 1 aromatic heterocycles. The summed E-state index contributed by atoms with van der Waals surface area (Å²) >= 11 is 0. The van der Waals surface area contributed by atoms with E-state index in [1.165, 1.54) is 18.2 Å². The molecule has 0 bridgehead atoms. The summed E-state index contributed by atoms with van der Waals surface area (Å²) in [6, 6.07) is 5.61. The van der Waals surface area contributed by atoms with Gasteiger partial charge in [-0.25, -0.2) is 4.99 Å². The lowest BCUT2D eigenvalue weighted by Gasteiger charge is -2.14. The maximum Gasteiger partial charge on any atom is 0.573 e. The molecule has 0 unspecified atom stereocenters. The zero-order chi connectivity index (χ0) is 17.9. The number of aromatic nitrogens is 2. The van der Waals surface area contributed by atoms with Crippen LogP contribution in [0, 0.1) is 13.8 Å². The first kappa shape index (κ1) is 17.6. The van der Waals surface area contributed by atoms with Crippen LogP contribution in [0.2, 0.25) is 0 Å². The van der Waals surface area contributed by atoms with E-state index in [4.69, 9.17) is 5.73 Å². The van der Waals surface area contributed by atoms with Crippen molar-refractivity contribution in [2.24, 2.45) is 17.8 Å². The van der Waals surface area contributed by atoms with E-state index in [1.807, 2.05) is 20.9 Å². The molecule has 24 heavy (non-hydrogen) atoms. The van der Waals surface area contributed by atoms with Crippen molar-refractivity contribution in [3.8, 4) is 5.75 Å². The first-order valence-electron chi connectivity index (χ1n) is 7.08. The monoisotopic (exact) mass is 341 g/mol. The second kappa shape index (κ2) is 6.81. The molecule has 0 atom stereocenters.